The molecule has 0 aliphatic carbocycles. The van der Waals surface area contributed by atoms with Gasteiger partial charge in [-0.1, -0.05) is 13.0 Å². The second-order valence-corrected chi connectivity index (χ2v) is 4.59. The quantitative estimate of drug-likeness (QED) is 0.832. The monoisotopic (exact) mass is 213 g/mol. The second-order valence-electron chi connectivity index (χ2n) is 3.27. The van der Waals surface area contributed by atoms with E-state index in [9.17, 15) is 4.39 Å². The average Bonchev–Trinajstić information content (AvgIpc) is 2.18. The predicted molar refractivity (Wildman–Crippen MR) is 61.1 cm³/mol. The highest BCUT2D eigenvalue weighted by Gasteiger charge is 2.09. The molecule has 1 aromatic carbocycles. The third-order valence-corrected chi connectivity index (χ3v) is 3.15. The van der Waals surface area contributed by atoms with Crippen molar-refractivity contribution in [3.8, 4) is 0 Å². The zero-order chi connectivity index (χ0) is 10.6. The van der Waals surface area contributed by atoms with Gasteiger partial charge in [-0.25, -0.2) is 4.39 Å². The van der Waals surface area contributed by atoms with Gasteiger partial charge in [-0.05, 0) is 35.9 Å². The minimum Gasteiger partial charge on any atom is -0.323 e. The van der Waals surface area contributed by atoms with Gasteiger partial charge in [0.25, 0.3) is 0 Å². The topological polar surface area (TPSA) is 26.0 Å². The van der Waals surface area contributed by atoms with Crippen LogP contribution in [-0.4, -0.2) is 11.5 Å². The first kappa shape index (κ1) is 11.5. The van der Waals surface area contributed by atoms with Gasteiger partial charge >= 0.3 is 0 Å². The lowest BCUT2D eigenvalue weighted by Gasteiger charge is -2.13. The van der Waals surface area contributed by atoms with Crippen molar-refractivity contribution in [2.75, 3.05) is 11.5 Å². The van der Waals surface area contributed by atoms with E-state index in [4.69, 9.17) is 5.73 Å². The van der Waals surface area contributed by atoms with Gasteiger partial charge < -0.3 is 5.73 Å². The van der Waals surface area contributed by atoms with E-state index >= 15 is 0 Å². The molecule has 1 atom stereocenters. The zero-order valence-electron chi connectivity index (χ0n) is 8.59. The Kier molecular flexibility index (Phi) is 4.42. The molecule has 0 heterocycles. The lowest BCUT2D eigenvalue weighted by atomic mass is 10.0. The molecule has 0 spiro atoms. The van der Waals surface area contributed by atoms with Crippen LogP contribution in [0.15, 0.2) is 18.2 Å². The zero-order valence-corrected chi connectivity index (χ0v) is 9.40. The molecular formula is C11H16FNS. The summed E-state index contributed by atoms with van der Waals surface area (Å²) in [7, 11) is 0. The van der Waals surface area contributed by atoms with Crippen LogP contribution in [0.1, 0.15) is 24.1 Å². The first-order valence-electron chi connectivity index (χ1n) is 4.74. The van der Waals surface area contributed by atoms with E-state index in [1.807, 2.05) is 6.92 Å². The fourth-order valence-corrected chi connectivity index (χ4v) is 2.01. The molecule has 1 unspecified atom stereocenters. The van der Waals surface area contributed by atoms with Crippen molar-refractivity contribution in [3.05, 3.63) is 35.1 Å². The summed E-state index contributed by atoms with van der Waals surface area (Å²) in [5, 5.41) is 0. The predicted octanol–water partition coefficient (Wildman–Crippen LogP) is 2.89. The molecule has 2 N–H and O–H groups in total. The van der Waals surface area contributed by atoms with Crippen molar-refractivity contribution in [3.63, 3.8) is 0 Å². The third-order valence-electron chi connectivity index (χ3n) is 2.14. The summed E-state index contributed by atoms with van der Waals surface area (Å²) in [6, 6.07) is 4.73. The number of hydrogen-bond acceptors (Lipinski definition) is 2. The highest BCUT2D eigenvalue weighted by atomic mass is 32.2. The van der Waals surface area contributed by atoms with Gasteiger partial charge in [0, 0.05) is 11.8 Å². The summed E-state index contributed by atoms with van der Waals surface area (Å²) in [5.74, 6) is 1.69. The van der Waals surface area contributed by atoms with Crippen molar-refractivity contribution in [2.45, 2.75) is 19.9 Å². The summed E-state index contributed by atoms with van der Waals surface area (Å²) in [6.07, 6.45) is 0. The van der Waals surface area contributed by atoms with E-state index in [1.54, 1.807) is 17.8 Å². The van der Waals surface area contributed by atoms with E-state index in [1.165, 1.54) is 12.1 Å². The molecule has 0 fully saturated rings. The Morgan fingerprint density at radius 3 is 2.86 bits per heavy atom. The fraction of sp³-hybridized carbons (Fsp3) is 0.455. The van der Waals surface area contributed by atoms with Gasteiger partial charge in [-0.3, -0.25) is 0 Å². The van der Waals surface area contributed by atoms with E-state index in [2.05, 4.69) is 6.92 Å². The van der Waals surface area contributed by atoms with Crippen molar-refractivity contribution in [1.82, 2.24) is 0 Å². The molecule has 0 aromatic heterocycles. The maximum absolute atomic E-state index is 13.0. The summed E-state index contributed by atoms with van der Waals surface area (Å²) in [6.45, 7) is 4.06. The van der Waals surface area contributed by atoms with Crippen LogP contribution in [0.5, 0.6) is 0 Å². The van der Waals surface area contributed by atoms with E-state index in [-0.39, 0.29) is 11.9 Å². The number of nitrogens with two attached hydrogens (primary N) is 1. The van der Waals surface area contributed by atoms with Crippen molar-refractivity contribution in [1.29, 1.82) is 0 Å². The largest absolute Gasteiger partial charge is 0.323 e. The van der Waals surface area contributed by atoms with Gasteiger partial charge in [0.05, 0.1) is 0 Å². The Labute approximate surface area is 88.9 Å². The van der Waals surface area contributed by atoms with E-state index in [0.717, 1.165) is 22.6 Å². The highest BCUT2D eigenvalue weighted by Crippen LogP contribution is 2.20. The Balaban J connectivity index is 2.77. The minimum absolute atomic E-state index is 0.0596. The second kappa shape index (κ2) is 5.37. The van der Waals surface area contributed by atoms with Crippen molar-refractivity contribution in [2.24, 2.45) is 5.73 Å². The maximum Gasteiger partial charge on any atom is 0.123 e. The van der Waals surface area contributed by atoms with Crippen molar-refractivity contribution >= 4 is 11.8 Å². The number of hydrogen-bond donors (Lipinski definition) is 1. The highest BCUT2D eigenvalue weighted by molar-refractivity contribution is 7.99. The molecule has 0 saturated heterocycles. The van der Waals surface area contributed by atoms with Crippen LogP contribution in [0.25, 0.3) is 0 Å². The molecule has 14 heavy (non-hydrogen) atoms. The number of thioether (sulfide) groups is 1. The number of benzene rings is 1. The van der Waals surface area contributed by atoms with Crippen LogP contribution < -0.4 is 5.73 Å². The molecule has 0 aliphatic heterocycles. The lowest BCUT2D eigenvalue weighted by molar-refractivity contribution is 0.621. The molecule has 0 aliphatic rings. The van der Waals surface area contributed by atoms with E-state index in [0.29, 0.717) is 0 Å². The molecule has 1 rings (SSSR count). The Morgan fingerprint density at radius 2 is 2.21 bits per heavy atom. The Morgan fingerprint density at radius 1 is 1.50 bits per heavy atom. The molecule has 78 valence electrons. The van der Waals surface area contributed by atoms with Crippen LogP contribution in [-0.2, 0) is 0 Å². The van der Waals surface area contributed by atoms with Gasteiger partial charge in [-0.15, -0.1) is 0 Å². The van der Waals surface area contributed by atoms with Gasteiger partial charge in [-0.2, -0.15) is 11.8 Å². The first-order valence-corrected chi connectivity index (χ1v) is 5.90. The maximum atomic E-state index is 13.0. The van der Waals surface area contributed by atoms with Crippen LogP contribution in [0.2, 0.25) is 0 Å². The molecule has 0 amide bonds. The number of aryl methyl sites for hydroxylation is 1. The summed E-state index contributed by atoms with van der Waals surface area (Å²) >= 11 is 1.78. The Hall–Kier alpha value is -0.540. The standard InChI is InChI=1S/C11H16FNS/c1-3-14-7-11(13)10-6-9(12)5-4-8(10)2/h4-6,11H,3,7,13H2,1-2H3. The van der Waals surface area contributed by atoms with E-state index < -0.39 is 0 Å². The molecule has 0 bridgehead atoms. The molecule has 0 radical (unpaired) electrons. The SMILES string of the molecule is CCSCC(N)c1cc(F)ccc1C. The Bertz CT molecular complexity index is 301. The van der Waals surface area contributed by atoms with Crippen molar-refractivity contribution < 1.29 is 4.39 Å². The van der Waals surface area contributed by atoms with Crippen LogP contribution in [0.4, 0.5) is 4.39 Å². The molecule has 1 aromatic rings. The number of halogens is 1. The average molecular weight is 213 g/mol. The van der Waals surface area contributed by atoms with Gasteiger partial charge in [0.2, 0.25) is 0 Å². The fourth-order valence-electron chi connectivity index (χ4n) is 1.35. The smallest absolute Gasteiger partial charge is 0.123 e. The van der Waals surface area contributed by atoms with Gasteiger partial charge in [0.15, 0.2) is 0 Å². The lowest BCUT2D eigenvalue weighted by Crippen LogP contribution is -2.14. The number of rotatable bonds is 4. The van der Waals surface area contributed by atoms with Crippen LogP contribution in [0.3, 0.4) is 0 Å². The first-order chi connectivity index (χ1) is 6.65. The molecule has 0 saturated carbocycles. The molecule has 3 heteroatoms. The minimum atomic E-state index is -0.206. The normalized spacial score (nSPS) is 12.9. The van der Waals surface area contributed by atoms with Crippen LogP contribution >= 0.6 is 11.8 Å². The summed E-state index contributed by atoms with van der Waals surface area (Å²) < 4.78 is 13.0. The van der Waals surface area contributed by atoms with Gasteiger partial charge in [0.1, 0.15) is 5.82 Å². The molecular weight excluding hydrogens is 197 g/mol. The summed E-state index contributed by atoms with van der Waals surface area (Å²) in [5.41, 5.74) is 7.95. The third kappa shape index (κ3) is 3.00. The van der Waals surface area contributed by atoms with Crippen LogP contribution in [0, 0.1) is 12.7 Å². The molecule has 1 nitrogen and oxygen atoms in total. The summed E-state index contributed by atoms with van der Waals surface area (Å²) in [4.78, 5) is 0.